The van der Waals surface area contributed by atoms with Crippen LogP contribution in [0.3, 0.4) is 0 Å². The minimum absolute atomic E-state index is 0.548. The number of rotatable bonds is 4. The first-order valence-electron chi connectivity index (χ1n) is 6.83. The van der Waals surface area contributed by atoms with Gasteiger partial charge in [-0.15, -0.1) is 0 Å². The fourth-order valence-electron chi connectivity index (χ4n) is 2.42. The maximum Gasteiger partial charge on any atom is 0.134 e. The van der Waals surface area contributed by atoms with Crippen LogP contribution >= 0.6 is 15.9 Å². The van der Waals surface area contributed by atoms with E-state index in [1.54, 1.807) is 0 Å². The average Bonchev–Trinajstić information content (AvgIpc) is 2.53. The van der Waals surface area contributed by atoms with Crippen LogP contribution in [0.15, 0.2) is 59.2 Å². The third kappa shape index (κ3) is 2.91. The van der Waals surface area contributed by atoms with Gasteiger partial charge in [-0.3, -0.25) is 0 Å². The molecule has 0 fully saturated rings. The number of hydrogen-bond acceptors (Lipinski definition) is 3. The molecule has 0 spiro atoms. The van der Waals surface area contributed by atoms with Crippen molar-refractivity contribution in [3.05, 3.63) is 70.3 Å². The lowest BCUT2D eigenvalue weighted by Gasteiger charge is -2.12. The van der Waals surface area contributed by atoms with E-state index in [0.717, 1.165) is 26.6 Å². The maximum atomic E-state index is 5.78. The highest BCUT2D eigenvalue weighted by Gasteiger charge is 2.05. The van der Waals surface area contributed by atoms with Crippen molar-refractivity contribution in [2.45, 2.75) is 13.1 Å². The second-order valence-electron chi connectivity index (χ2n) is 4.82. The van der Waals surface area contributed by atoms with Crippen molar-refractivity contribution in [2.75, 3.05) is 5.32 Å². The molecule has 1 heterocycles. The van der Waals surface area contributed by atoms with E-state index in [1.807, 2.05) is 36.5 Å². The number of pyridine rings is 1. The van der Waals surface area contributed by atoms with E-state index in [0.29, 0.717) is 13.1 Å². The summed E-state index contributed by atoms with van der Waals surface area (Å²) in [5.41, 5.74) is 8.14. The Morgan fingerprint density at radius 2 is 1.76 bits per heavy atom. The summed E-state index contributed by atoms with van der Waals surface area (Å²) in [7, 11) is 0. The third-order valence-corrected chi connectivity index (χ3v) is 4.23. The average molecular weight is 342 g/mol. The van der Waals surface area contributed by atoms with Crippen molar-refractivity contribution in [1.82, 2.24) is 4.98 Å². The second-order valence-corrected chi connectivity index (χ2v) is 5.68. The van der Waals surface area contributed by atoms with Gasteiger partial charge in [0.1, 0.15) is 5.82 Å². The van der Waals surface area contributed by atoms with Gasteiger partial charge in [0.15, 0.2) is 0 Å². The SMILES string of the molecule is NCc1ccccc1CNc1nccc2c(Br)cccc12. The van der Waals surface area contributed by atoms with Crippen LogP contribution in [0.2, 0.25) is 0 Å². The molecule has 0 saturated heterocycles. The summed E-state index contributed by atoms with van der Waals surface area (Å²) in [6.45, 7) is 1.26. The number of fused-ring (bicyclic) bond motifs is 1. The Bertz CT molecular complexity index is 771. The van der Waals surface area contributed by atoms with Crippen LogP contribution in [0, 0.1) is 0 Å². The van der Waals surface area contributed by atoms with E-state index >= 15 is 0 Å². The molecule has 0 bridgehead atoms. The second kappa shape index (κ2) is 6.24. The standard InChI is InChI=1S/C17H16BrN3/c18-16-7-3-6-15-14(16)8-9-20-17(15)21-11-13-5-2-1-4-12(13)10-19/h1-9H,10-11,19H2,(H,20,21). The number of aromatic nitrogens is 1. The smallest absolute Gasteiger partial charge is 0.134 e. The van der Waals surface area contributed by atoms with Crippen molar-refractivity contribution in [3.63, 3.8) is 0 Å². The number of hydrogen-bond donors (Lipinski definition) is 2. The predicted octanol–water partition coefficient (Wildman–Crippen LogP) is 4.07. The van der Waals surface area contributed by atoms with E-state index in [4.69, 9.17) is 5.73 Å². The molecule has 1 aromatic heterocycles. The minimum atomic E-state index is 0.548. The number of anilines is 1. The summed E-state index contributed by atoms with van der Waals surface area (Å²) >= 11 is 3.58. The molecule has 2 aromatic carbocycles. The van der Waals surface area contributed by atoms with Gasteiger partial charge < -0.3 is 11.1 Å². The van der Waals surface area contributed by atoms with Gasteiger partial charge in [-0.2, -0.15) is 0 Å². The fraction of sp³-hybridized carbons (Fsp3) is 0.118. The lowest BCUT2D eigenvalue weighted by atomic mass is 10.1. The third-order valence-electron chi connectivity index (χ3n) is 3.54. The number of nitrogens with two attached hydrogens (primary N) is 1. The van der Waals surface area contributed by atoms with Gasteiger partial charge >= 0.3 is 0 Å². The fourth-order valence-corrected chi connectivity index (χ4v) is 2.92. The number of nitrogens with zero attached hydrogens (tertiary/aromatic N) is 1. The zero-order valence-electron chi connectivity index (χ0n) is 11.5. The molecule has 3 nitrogen and oxygen atoms in total. The van der Waals surface area contributed by atoms with E-state index in [9.17, 15) is 0 Å². The van der Waals surface area contributed by atoms with E-state index in [-0.39, 0.29) is 0 Å². The Hall–Kier alpha value is -1.91. The first kappa shape index (κ1) is 14.0. The van der Waals surface area contributed by atoms with Crippen molar-refractivity contribution in [3.8, 4) is 0 Å². The summed E-state index contributed by atoms with van der Waals surface area (Å²) < 4.78 is 1.08. The summed E-state index contributed by atoms with van der Waals surface area (Å²) in [4.78, 5) is 4.46. The lowest BCUT2D eigenvalue weighted by Crippen LogP contribution is -2.07. The van der Waals surface area contributed by atoms with Crippen molar-refractivity contribution in [1.29, 1.82) is 0 Å². The largest absolute Gasteiger partial charge is 0.365 e. The Balaban J connectivity index is 1.91. The molecule has 0 aliphatic heterocycles. The van der Waals surface area contributed by atoms with Crippen LogP contribution in [0.4, 0.5) is 5.82 Å². The van der Waals surface area contributed by atoms with E-state index < -0.39 is 0 Å². The van der Waals surface area contributed by atoms with E-state index in [2.05, 4.69) is 44.4 Å². The van der Waals surface area contributed by atoms with Crippen LogP contribution in [0.25, 0.3) is 10.8 Å². The molecule has 3 N–H and O–H groups in total. The van der Waals surface area contributed by atoms with Gasteiger partial charge in [0.05, 0.1) is 0 Å². The number of benzene rings is 2. The topological polar surface area (TPSA) is 50.9 Å². The molecule has 3 rings (SSSR count). The number of nitrogens with one attached hydrogen (secondary N) is 1. The van der Waals surface area contributed by atoms with Crippen molar-refractivity contribution < 1.29 is 0 Å². The Morgan fingerprint density at radius 1 is 0.952 bits per heavy atom. The molecule has 0 saturated carbocycles. The lowest BCUT2D eigenvalue weighted by molar-refractivity contribution is 1.00. The zero-order chi connectivity index (χ0) is 14.7. The summed E-state index contributed by atoms with van der Waals surface area (Å²) in [6.07, 6.45) is 1.82. The highest BCUT2D eigenvalue weighted by atomic mass is 79.9. The monoisotopic (exact) mass is 341 g/mol. The van der Waals surface area contributed by atoms with Crippen LogP contribution in [0.5, 0.6) is 0 Å². The van der Waals surface area contributed by atoms with Gasteiger partial charge in [-0.25, -0.2) is 4.98 Å². The Kier molecular flexibility index (Phi) is 4.18. The molecule has 0 aliphatic rings. The van der Waals surface area contributed by atoms with Crippen LogP contribution < -0.4 is 11.1 Å². The molecule has 21 heavy (non-hydrogen) atoms. The maximum absolute atomic E-state index is 5.78. The molecule has 0 radical (unpaired) electrons. The van der Waals surface area contributed by atoms with Gasteiger partial charge in [-0.05, 0) is 23.3 Å². The summed E-state index contributed by atoms with van der Waals surface area (Å²) in [5.74, 6) is 0.889. The Morgan fingerprint density at radius 3 is 2.57 bits per heavy atom. The van der Waals surface area contributed by atoms with Gasteiger partial charge in [0, 0.05) is 34.5 Å². The number of halogens is 1. The molecule has 0 aliphatic carbocycles. The first-order valence-corrected chi connectivity index (χ1v) is 7.63. The minimum Gasteiger partial charge on any atom is -0.365 e. The quantitative estimate of drug-likeness (QED) is 0.752. The molecule has 0 unspecified atom stereocenters. The van der Waals surface area contributed by atoms with Gasteiger partial charge in [-0.1, -0.05) is 52.3 Å². The normalized spacial score (nSPS) is 10.8. The molecular formula is C17H16BrN3. The first-order chi connectivity index (χ1) is 10.3. The molecule has 0 amide bonds. The highest BCUT2D eigenvalue weighted by Crippen LogP contribution is 2.27. The molecule has 3 aromatic rings. The summed E-state index contributed by atoms with van der Waals surface area (Å²) in [5, 5.41) is 5.68. The van der Waals surface area contributed by atoms with Gasteiger partial charge in [0.2, 0.25) is 0 Å². The molecular weight excluding hydrogens is 326 g/mol. The molecule has 0 atom stereocenters. The molecule has 4 heteroatoms. The van der Waals surface area contributed by atoms with Crippen LogP contribution in [-0.2, 0) is 13.1 Å². The zero-order valence-corrected chi connectivity index (χ0v) is 13.1. The summed E-state index contributed by atoms with van der Waals surface area (Å²) in [6, 6.07) is 16.3. The molecule has 106 valence electrons. The van der Waals surface area contributed by atoms with Crippen molar-refractivity contribution >= 4 is 32.5 Å². The van der Waals surface area contributed by atoms with Gasteiger partial charge in [0.25, 0.3) is 0 Å². The Labute approximate surface area is 132 Å². The highest BCUT2D eigenvalue weighted by molar-refractivity contribution is 9.10. The van der Waals surface area contributed by atoms with Crippen molar-refractivity contribution in [2.24, 2.45) is 5.73 Å². The van der Waals surface area contributed by atoms with E-state index in [1.165, 1.54) is 5.56 Å². The predicted molar refractivity (Wildman–Crippen MR) is 91.1 cm³/mol. The van der Waals surface area contributed by atoms with Crippen LogP contribution in [-0.4, -0.2) is 4.98 Å². The van der Waals surface area contributed by atoms with Crippen LogP contribution in [0.1, 0.15) is 11.1 Å².